The van der Waals surface area contributed by atoms with Crippen molar-refractivity contribution in [1.29, 1.82) is 0 Å². The Labute approximate surface area is 165 Å². The van der Waals surface area contributed by atoms with Crippen LogP contribution in [0, 0.1) is 0 Å². The largest absolute Gasteiger partial charge is 0.486 e. The molecule has 3 rings (SSSR count). The minimum atomic E-state index is -0.943. The van der Waals surface area contributed by atoms with Gasteiger partial charge in [0.05, 0.1) is 0 Å². The van der Waals surface area contributed by atoms with Gasteiger partial charge in [0.1, 0.15) is 13.2 Å². The van der Waals surface area contributed by atoms with Crippen molar-refractivity contribution in [3.8, 4) is 11.5 Å². The van der Waals surface area contributed by atoms with Crippen LogP contribution in [0.5, 0.6) is 11.5 Å². The number of fused-ring (bicyclic) bond motifs is 1. The zero-order chi connectivity index (χ0) is 20.4. The van der Waals surface area contributed by atoms with Crippen LogP contribution in [-0.4, -0.2) is 48.3 Å². The van der Waals surface area contributed by atoms with E-state index in [4.69, 9.17) is 20.3 Å². The molecule has 2 heterocycles. The van der Waals surface area contributed by atoms with E-state index in [1.807, 2.05) is 31.2 Å². The fourth-order valence-corrected chi connectivity index (χ4v) is 2.92. The molecule has 152 valence electrons. The van der Waals surface area contributed by atoms with Crippen LogP contribution >= 0.6 is 0 Å². The third kappa shape index (κ3) is 6.98. The molecule has 0 bridgehead atoms. The van der Waals surface area contributed by atoms with Crippen LogP contribution in [0.15, 0.2) is 35.9 Å². The van der Waals surface area contributed by atoms with Crippen molar-refractivity contribution in [2.75, 3.05) is 26.3 Å². The molecule has 0 radical (unpaired) electrons. The van der Waals surface area contributed by atoms with Gasteiger partial charge in [-0.3, -0.25) is 0 Å². The van der Waals surface area contributed by atoms with Gasteiger partial charge in [0.15, 0.2) is 11.5 Å². The topological polar surface area (TPSA) is 102 Å². The van der Waals surface area contributed by atoms with E-state index in [1.54, 1.807) is 11.0 Å². The number of amides is 2. The van der Waals surface area contributed by atoms with Gasteiger partial charge in [-0.2, -0.15) is 0 Å². The number of carboxylic acid groups (broad SMARTS) is 1. The third-order valence-corrected chi connectivity index (χ3v) is 4.43. The van der Waals surface area contributed by atoms with Gasteiger partial charge in [-0.15, -0.1) is 0 Å². The predicted octanol–water partition coefficient (Wildman–Crippen LogP) is 3.44. The van der Waals surface area contributed by atoms with E-state index < -0.39 is 5.97 Å². The molecule has 0 aliphatic carbocycles. The summed E-state index contributed by atoms with van der Waals surface area (Å²) in [7, 11) is 0. The van der Waals surface area contributed by atoms with E-state index in [-0.39, 0.29) is 6.03 Å². The number of nitrogens with zero attached hydrogens (tertiary/aromatic N) is 1. The Bertz CT molecular complexity index is 736. The van der Waals surface area contributed by atoms with Crippen LogP contribution < -0.4 is 15.2 Å². The van der Waals surface area contributed by atoms with Gasteiger partial charge < -0.3 is 25.2 Å². The average Bonchev–Trinajstić information content (AvgIpc) is 2.72. The summed E-state index contributed by atoms with van der Waals surface area (Å²) >= 11 is 0. The summed E-state index contributed by atoms with van der Waals surface area (Å²) in [4.78, 5) is 22.7. The lowest BCUT2D eigenvalue weighted by molar-refractivity contribution is -0.131. The molecule has 1 aromatic rings. The molecular formula is C21H28N2O5. The van der Waals surface area contributed by atoms with Crippen molar-refractivity contribution in [2.24, 2.45) is 5.73 Å². The lowest BCUT2D eigenvalue weighted by Gasteiger charge is -2.24. The van der Waals surface area contributed by atoms with E-state index in [0.717, 1.165) is 61.1 Å². The smallest absolute Gasteiger partial charge is 0.328 e. The molecule has 0 aromatic heterocycles. The van der Waals surface area contributed by atoms with Gasteiger partial charge >= 0.3 is 12.0 Å². The van der Waals surface area contributed by atoms with E-state index in [1.165, 1.54) is 6.42 Å². The lowest BCUT2D eigenvalue weighted by atomic mass is 10.1. The first-order chi connectivity index (χ1) is 13.5. The van der Waals surface area contributed by atoms with Crippen molar-refractivity contribution in [2.45, 2.75) is 32.6 Å². The number of likely N-dealkylation sites (tertiary alicyclic amines) is 1. The van der Waals surface area contributed by atoms with Gasteiger partial charge in [-0.05, 0) is 49.0 Å². The fourth-order valence-electron chi connectivity index (χ4n) is 2.92. The molecule has 1 aromatic carbocycles. The number of nitrogens with two attached hydrogens (primary N) is 1. The number of carboxylic acids is 1. The van der Waals surface area contributed by atoms with Crippen molar-refractivity contribution in [1.82, 2.24) is 4.90 Å². The highest BCUT2D eigenvalue weighted by atomic mass is 16.6. The second-order valence-corrected chi connectivity index (χ2v) is 6.53. The first-order valence-electron chi connectivity index (χ1n) is 9.55. The number of carbonyl (C=O) groups is 2. The molecule has 2 aliphatic heterocycles. The average molecular weight is 388 g/mol. The molecule has 2 aliphatic rings. The predicted molar refractivity (Wildman–Crippen MR) is 107 cm³/mol. The Morgan fingerprint density at radius 2 is 1.79 bits per heavy atom. The quantitative estimate of drug-likeness (QED) is 0.608. The summed E-state index contributed by atoms with van der Waals surface area (Å²) in [6.07, 6.45) is 8.93. The van der Waals surface area contributed by atoms with Crippen molar-refractivity contribution in [3.05, 3.63) is 41.5 Å². The van der Waals surface area contributed by atoms with Crippen LogP contribution in [0.4, 0.5) is 4.79 Å². The molecule has 2 amide bonds. The molecule has 3 N–H and O–H groups in total. The van der Waals surface area contributed by atoms with Gasteiger partial charge in [-0.1, -0.05) is 25.1 Å². The molecule has 1 fully saturated rings. The molecule has 28 heavy (non-hydrogen) atoms. The normalized spacial score (nSPS) is 16.3. The van der Waals surface area contributed by atoms with Crippen LogP contribution in [0.3, 0.4) is 0 Å². The van der Waals surface area contributed by atoms with Gasteiger partial charge in [-0.25, -0.2) is 9.59 Å². The number of primary amides is 1. The van der Waals surface area contributed by atoms with Crippen molar-refractivity contribution in [3.63, 3.8) is 0 Å². The van der Waals surface area contributed by atoms with Crippen LogP contribution in [0.2, 0.25) is 0 Å². The van der Waals surface area contributed by atoms with Gasteiger partial charge in [0, 0.05) is 19.2 Å². The summed E-state index contributed by atoms with van der Waals surface area (Å²) < 4.78 is 11.0. The van der Waals surface area contributed by atoms with E-state index in [9.17, 15) is 9.59 Å². The Balaban J connectivity index is 0.000000261. The molecule has 0 spiro atoms. The number of ether oxygens (including phenoxy) is 2. The van der Waals surface area contributed by atoms with E-state index >= 15 is 0 Å². The van der Waals surface area contributed by atoms with E-state index in [0.29, 0.717) is 13.2 Å². The lowest BCUT2D eigenvalue weighted by Crippen LogP contribution is -2.39. The maximum atomic E-state index is 10.5. The maximum Gasteiger partial charge on any atom is 0.328 e. The number of piperidine rings is 1. The monoisotopic (exact) mass is 388 g/mol. The summed E-state index contributed by atoms with van der Waals surface area (Å²) in [5.41, 5.74) is 6.97. The summed E-state index contributed by atoms with van der Waals surface area (Å²) in [6, 6.07) is 5.43. The number of urea groups is 1. The first-order valence-corrected chi connectivity index (χ1v) is 9.55. The van der Waals surface area contributed by atoms with Crippen molar-refractivity contribution >= 4 is 18.1 Å². The standard InChI is InChI=1S/C15H16O4.C6H12N2O/c1-2-11(4-6-15(16)17)9-12-3-5-13-14(10-12)19-8-7-18-13;7-6(9)8-4-2-1-3-5-8/h3-6,9-10H,2,7-8H2,1H3,(H,16,17);1-5H2,(H2,7,9)/b6-4+,11-9+;. The number of hydrogen-bond donors (Lipinski definition) is 2. The number of hydrogen-bond acceptors (Lipinski definition) is 4. The maximum absolute atomic E-state index is 10.5. The van der Waals surface area contributed by atoms with Gasteiger partial charge in [0.25, 0.3) is 0 Å². The Hall–Kier alpha value is -2.96. The first kappa shape index (κ1) is 21.3. The van der Waals surface area contributed by atoms with Crippen LogP contribution in [-0.2, 0) is 4.79 Å². The second kappa shape index (κ2) is 11.0. The van der Waals surface area contributed by atoms with Gasteiger partial charge in [0.2, 0.25) is 0 Å². The zero-order valence-electron chi connectivity index (χ0n) is 16.2. The zero-order valence-corrected chi connectivity index (χ0v) is 16.2. The Morgan fingerprint density at radius 1 is 1.11 bits per heavy atom. The second-order valence-electron chi connectivity index (χ2n) is 6.53. The highest BCUT2D eigenvalue weighted by Crippen LogP contribution is 2.31. The number of rotatable bonds is 4. The fraction of sp³-hybridized carbons (Fsp3) is 0.429. The number of benzene rings is 1. The minimum absolute atomic E-state index is 0.269. The van der Waals surface area contributed by atoms with E-state index in [2.05, 4.69) is 0 Å². The molecule has 7 nitrogen and oxygen atoms in total. The molecule has 0 atom stereocenters. The molecule has 7 heteroatoms. The molecule has 1 saturated heterocycles. The summed E-state index contributed by atoms with van der Waals surface area (Å²) in [6.45, 7) is 4.82. The third-order valence-electron chi connectivity index (χ3n) is 4.43. The molecular weight excluding hydrogens is 360 g/mol. The number of aliphatic carboxylic acids is 1. The SMILES string of the molecule is CCC(/C=C/C(=O)O)=C\c1ccc2c(c1)OCCO2.NC(=O)N1CCCCC1. The summed E-state index contributed by atoms with van der Waals surface area (Å²) in [5.74, 6) is 0.543. The highest BCUT2D eigenvalue weighted by Gasteiger charge is 2.12. The number of allylic oxidation sites excluding steroid dienone is 2. The molecule has 0 saturated carbocycles. The van der Waals surface area contributed by atoms with Crippen LogP contribution in [0.25, 0.3) is 6.08 Å². The number of carbonyl (C=O) groups excluding carboxylic acids is 1. The van der Waals surface area contributed by atoms with Crippen LogP contribution in [0.1, 0.15) is 38.2 Å². The minimum Gasteiger partial charge on any atom is -0.486 e. The Kier molecular flexibility index (Phi) is 8.39. The molecule has 0 unspecified atom stereocenters. The summed E-state index contributed by atoms with van der Waals surface area (Å²) in [5, 5.41) is 8.63. The van der Waals surface area contributed by atoms with Crippen molar-refractivity contribution < 1.29 is 24.2 Å². The Morgan fingerprint density at radius 3 is 2.36 bits per heavy atom. The highest BCUT2D eigenvalue weighted by molar-refractivity contribution is 5.80.